The van der Waals surface area contributed by atoms with E-state index in [0.717, 1.165) is 11.6 Å². The van der Waals surface area contributed by atoms with Gasteiger partial charge in [-0.05, 0) is 42.8 Å². The highest BCUT2D eigenvalue weighted by atomic mass is 32.2. The molecule has 2 rings (SSSR count). The molecule has 0 amide bonds. The van der Waals surface area contributed by atoms with Gasteiger partial charge in [0.1, 0.15) is 5.82 Å². The molecule has 1 unspecified atom stereocenters. The molecule has 7 heteroatoms. The molecule has 0 saturated heterocycles. The number of hydrogen-bond donors (Lipinski definition) is 3. The summed E-state index contributed by atoms with van der Waals surface area (Å²) in [5.41, 5.74) is 7.39. The molecule has 2 aromatic carbocycles. The van der Waals surface area contributed by atoms with E-state index in [2.05, 4.69) is 5.32 Å². The molecule has 0 aliphatic rings. The summed E-state index contributed by atoms with van der Waals surface area (Å²) in [5, 5.41) is 7.93. The summed E-state index contributed by atoms with van der Waals surface area (Å²) < 4.78 is 36.2. The van der Waals surface area contributed by atoms with Gasteiger partial charge in [0, 0.05) is 11.7 Å². The lowest BCUT2D eigenvalue weighted by Gasteiger charge is -2.16. The summed E-state index contributed by atoms with van der Waals surface area (Å²) in [4.78, 5) is -0.259. The fourth-order valence-corrected chi connectivity index (χ4v) is 2.42. The van der Waals surface area contributed by atoms with Crippen LogP contribution in [0.4, 0.5) is 15.8 Å². The maximum Gasteiger partial charge on any atom is 0.238 e. The van der Waals surface area contributed by atoms with Crippen LogP contribution in [0.1, 0.15) is 18.5 Å². The molecule has 0 radical (unpaired) electrons. The third kappa shape index (κ3) is 3.71. The second-order valence-corrected chi connectivity index (χ2v) is 6.28. The van der Waals surface area contributed by atoms with Crippen LogP contribution in [0.5, 0.6) is 0 Å². The van der Waals surface area contributed by atoms with Crippen LogP contribution in [0.3, 0.4) is 0 Å². The Morgan fingerprint density at radius 2 is 1.76 bits per heavy atom. The minimum Gasteiger partial charge on any atom is -0.399 e. The van der Waals surface area contributed by atoms with Crippen molar-refractivity contribution in [3.05, 3.63) is 53.8 Å². The van der Waals surface area contributed by atoms with Gasteiger partial charge in [-0.3, -0.25) is 0 Å². The first-order valence-electron chi connectivity index (χ1n) is 6.21. The van der Waals surface area contributed by atoms with Crippen molar-refractivity contribution in [2.75, 3.05) is 11.1 Å². The lowest BCUT2D eigenvalue weighted by atomic mass is 10.1. The van der Waals surface area contributed by atoms with Crippen LogP contribution in [-0.4, -0.2) is 8.42 Å². The molecule has 0 aliphatic carbocycles. The van der Waals surface area contributed by atoms with E-state index in [1.54, 1.807) is 12.1 Å². The predicted octanol–water partition coefficient (Wildman–Crippen LogP) is 2.23. The number of hydrogen-bond acceptors (Lipinski definition) is 4. The first-order chi connectivity index (χ1) is 9.77. The van der Waals surface area contributed by atoms with Crippen LogP contribution >= 0.6 is 0 Å². The van der Waals surface area contributed by atoms with Gasteiger partial charge in [-0.15, -0.1) is 0 Å². The molecule has 0 aliphatic heterocycles. The number of benzene rings is 2. The van der Waals surface area contributed by atoms with Gasteiger partial charge >= 0.3 is 0 Å². The van der Waals surface area contributed by atoms with Gasteiger partial charge in [0.25, 0.3) is 0 Å². The molecule has 0 aromatic heterocycles. The molecular weight excluding hydrogens is 293 g/mol. The van der Waals surface area contributed by atoms with Gasteiger partial charge in [0.2, 0.25) is 10.0 Å². The van der Waals surface area contributed by atoms with Crippen molar-refractivity contribution in [3.63, 3.8) is 0 Å². The summed E-state index contributed by atoms with van der Waals surface area (Å²) in [6, 6.07) is 10.5. The lowest BCUT2D eigenvalue weighted by Crippen LogP contribution is -2.13. The van der Waals surface area contributed by atoms with E-state index in [1.807, 2.05) is 19.1 Å². The van der Waals surface area contributed by atoms with Crippen molar-refractivity contribution in [1.82, 2.24) is 0 Å². The van der Waals surface area contributed by atoms with Crippen LogP contribution in [0.25, 0.3) is 0 Å². The van der Waals surface area contributed by atoms with Crippen LogP contribution in [0, 0.1) is 5.82 Å². The van der Waals surface area contributed by atoms with E-state index in [9.17, 15) is 12.8 Å². The van der Waals surface area contributed by atoms with E-state index in [0.29, 0.717) is 5.69 Å². The highest BCUT2D eigenvalue weighted by Gasteiger charge is 2.13. The minimum atomic E-state index is -3.91. The Labute approximate surface area is 122 Å². The van der Waals surface area contributed by atoms with Crippen molar-refractivity contribution in [2.24, 2.45) is 5.14 Å². The van der Waals surface area contributed by atoms with Crippen molar-refractivity contribution in [1.29, 1.82) is 0 Å². The Morgan fingerprint density at radius 1 is 1.14 bits per heavy atom. The van der Waals surface area contributed by atoms with Crippen LogP contribution in [0.15, 0.2) is 47.4 Å². The Kier molecular flexibility index (Phi) is 4.15. The Balaban J connectivity index is 2.22. The third-order valence-electron chi connectivity index (χ3n) is 3.08. The van der Waals surface area contributed by atoms with E-state index >= 15 is 0 Å². The first-order valence-corrected chi connectivity index (χ1v) is 7.76. The maximum absolute atomic E-state index is 13.9. The third-order valence-corrected chi connectivity index (χ3v) is 3.99. The monoisotopic (exact) mass is 309 g/mol. The molecule has 0 spiro atoms. The quantitative estimate of drug-likeness (QED) is 0.754. The summed E-state index contributed by atoms with van der Waals surface area (Å²) >= 11 is 0. The summed E-state index contributed by atoms with van der Waals surface area (Å²) in [7, 11) is -3.91. The van der Waals surface area contributed by atoms with Crippen LogP contribution in [0.2, 0.25) is 0 Å². The number of primary sulfonamides is 1. The molecular formula is C14H16FN3O2S. The number of halogens is 1. The van der Waals surface area contributed by atoms with Gasteiger partial charge in [-0.25, -0.2) is 17.9 Å². The first kappa shape index (κ1) is 15.3. The zero-order valence-electron chi connectivity index (χ0n) is 11.4. The summed E-state index contributed by atoms with van der Waals surface area (Å²) in [6.45, 7) is 1.86. The topological polar surface area (TPSA) is 98.2 Å². The van der Waals surface area contributed by atoms with Crippen molar-refractivity contribution >= 4 is 21.4 Å². The van der Waals surface area contributed by atoms with Crippen molar-refractivity contribution in [2.45, 2.75) is 17.9 Å². The highest BCUT2D eigenvalue weighted by Crippen LogP contribution is 2.24. The average molecular weight is 309 g/mol. The number of nitrogens with one attached hydrogen (secondary N) is 1. The zero-order chi connectivity index (χ0) is 15.6. The number of nitrogen functional groups attached to an aromatic ring is 1. The van der Waals surface area contributed by atoms with E-state index in [-0.39, 0.29) is 16.6 Å². The standard InChI is InChI=1S/C14H16FN3O2S/c1-9(10-2-4-11(16)5-3-10)18-14-7-6-12(8-13(14)15)21(17,19)20/h2-9,18H,16H2,1H3,(H2,17,19,20). The molecule has 5 N–H and O–H groups in total. The smallest absolute Gasteiger partial charge is 0.238 e. The van der Waals surface area contributed by atoms with Crippen LogP contribution in [-0.2, 0) is 10.0 Å². The van der Waals surface area contributed by atoms with Gasteiger partial charge in [-0.2, -0.15) is 0 Å². The fraction of sp³-hybridized carbons (Fsp3) is 0.143. The normalized spacial score (nSPS) is 12.9. The molecule has 0 bridgehead atoms. The van der Waals surface area contributed by atoms with Gasteiger partial charge in [0.05, 0.1) is 10.6 Å². The highest BCUT2D eigenvalue weighted by molar-refractivity contribution is 7.89. The number of rotatable bonds is 4. The lowest BCUT2D eigenvalue weighted by molar-refractivity contribution is 0.592. The van der Waals surface area contributed by atoms with Gasteiger partial charge < -0.3 is 11.1 Å². The Morgan fingerprint density at radius 3 is 2.29 bits per heavy atom. The number of anilines is 2. The van der Waals surface area contributed by atoms with Gasteiger partial charge in [0.15, 0.2) is 0 Å². The summed E-state index contributed by atoms with van der Waals surface area (Å²) in [5.74, 6) is -0.677. The van der Waals surface area contributed by atoms with E-state index in [1.165, 1.54) is 12.1 Å². The van der Waals surface area contributed by atoms with Crippen molar-refractivity contribution in [3.8, 4) is 0 Å². The largest absolute Gasteiger partial charge is 0.399 e. The zero-order valence-corrected chi connectivity index (χ0v) is 12.2. The van der Waals surface area contributed by atoms with E-state index < -0.39 is 15.8 Å². The molecule has 5 nitrogen and oxygen atoms in total. The number of nitrogens with two attached hydrogens (primary N) is 2. The minimum absolute atomic E-state index is 0.166. The average Bonchev–Trinajstić information content (AvgIpc) is 2.40. The van der Waals surface area contributed by atoms with Crippen molar-refractivity contribution < 1.29 is 12.8 Å². The Hall–Kier alpha value is -2.12. The Bertz CT molecular complexity index is 745. The van der Waals surface area contributed by atoms with E-state index in [4.69, 9.17) is 10.9 Å². The molecule has 1 atom stereocenters. The molecule has 0 heterocycles. The second-order valence-electron chi connectivity index (χ2n) is 4.72. The molecule has 112 valence electrons. The molecule has 0 saturated carbocycles. The maximum atomic E-state index is 13.9. The fourth-order valence-electron chi connectivity index (χ4n) is 1.89. The van der Waals surface area contributed by atoms with Gasteiger partial charge in [-0.1, -0.05) is 12.1 Å². The molecule has 0 fully saturated rings. The van der Waals surface area contributed by atoms with Crippen LogP contribution < -0.4 is 16.2 Å². The SMILES string of the molecule is CC(Nc1ccc(S(N)(=O)=O)cc1F)c1ccc(N)cc1. The summed E-state index contributed by atoms with van der Waals surface area (Å²) in [6.07, 6.45) is 0. The second kappa shape index (κ2) is 5.71. The molecule has 21 heavy (non-hydrogen) atoms. The molecule has 2 aromatic rings. The number of sulfonamides is 1. The predicted molar refractivity (Wildman–Crippen MR) is 80.7 cm³/mol.